The highest BCUT2D eigenvalue weighted by Gasteiger charge is 2.24. The van der Waals surface area contributed by atoms with E-state index in [4.69, 9.17) is 14.5 Å². The number of ether oxygens (including phenoxy) is 2. The molecule has 0 saturated carbocycles. The van der Waals surface area contributed by atoms with Crippen LogP contribution in [-0.2, 0) is 17.6 Å². The number of carbonyl (C=O) groups is 2. The zero-order valence-electron chi connectivity index (χ0n) is 20.0. The number of nitrogens with zero attached hydrogens (tertiary/aromatic N) is 2. The van der Waals surface area contributed by atoms with Crippen molar-refractivity contribution in [3.63, 3.8) is 0 Å². The topological polar surface area (TPSA) is 99.5 Å². The molecule has 10 heteroatoms. The summed E-state index contributed by atoms with van der Waals surface area (Å²) in [5.74, 6) is 0.893. The number of hydrogen-bond acceptors (Lipinski definition) is 8. The first-order chi connectivity index (χ1) is 18.0. The largest absolute Gasteiger partial charge is 0.497 e. The highest BCUT2D eigenvalue weighted by atomic mass is 32.2. The number of ketones is 1. The Bertz CT molecular complexity index is 1610. The minimum Gasteiger partial charge on any atom is -0.497 e. The number of aromatic nitrogens is 2. The first-order valence-electron chi connectivity index (χ1n) is 12.0. The molecule has 8 nitrogen and oxygen atoms in total. The quantitative estimate of drug-likeness (QED) is 0.219. The van der Waals surface area contributed by atoms with Crippen LogP contribution in [0.1, 0.15) is 33.6 Å². The number of hydrogen-bond donors (Lipinski definition) is 1. The van der Waals surface area contributed by atoms with Crippen LogP contribution in [0.2, 0.25) is 0 Å². The van der Waals surface area contributed by atoms with Crippen molar-refractivity contribution in [1.29, 1.82) is 0 Å². The molecule has 3 heterocycles. The number of Topliss-reactive ketones (excluding diaryl/α,β-unsaturated/α-hetero) is 1. The molecule has 0 spiro atoms. The Morgan fingerprint density at radius 1 is 1.16 bits per heavy atom. The molecule has 0 atom stereocenters. The van der Waals surface area contributed by atoms with Crippen LogP contribution >= 0.6 is 23.1 Å². The van der Waals surface area contributed by atoms with Gasteiger partial charge in [-0.1, -0.05) is 11.8 Å². The van der Waals surface area contributed by atoms with Gasteiger partial charge in [0.05, 0.1) is 29.6 Å². The predicted molar refractivity (Wildman–Crippen MR) is 144 cm³/mol. The fourth-order valence-electron chi connectivity index (χ4n) is 4.71. The first kappa shape index (κ1) is 23.7. The number of rotatable bonds is 6. The molecule has 0 bridgehead atoms. The van der Waals surface area contributed by atoms with Crippen LogP contribution in [0.25, 0.3) is 15.9 Å². The third-order valence-corrected chi connectivity index (χ3v) is 8.68. The molecule has 4 aromatic rings. The first-order valence-corrected chi connectivity index (χ1v) is 13.8. The Balaban J connectivity index is 1.37. The maximum Gasteiger partial charge on any atom is 0.267 e. The SMILES string of the molecule is COc1ccc(-n2c(SCC(=O)c3ccc4c(c3)NC(=O)CO4)nc3sc4c(c3c2=O)CCCC4)cc1. The smallest absolute Gasteiger partial charge is 0.267 e. The van der Waals surface area contributed by atoms with Gasteiger partial charge in [0.15, 0.2) is 17.5 Å². The number of thioether (sulfide) groups is 1. The van der Waals surface area contributed by atoms with E-state index in [2.05, 4.69) is 5.32 Å². The van der Waals surface area contributed by atoms with Crippen molar-refractivity contribution < 1.29 is 19.1 Å². The third-order valence-electron chi connectivity index (χ3n) is 6.56. The number of amides is 1. The summed E-state index contributed by atoms with van der Waals surface area (Å²) < 4.78 is 12.3. The number of methoxy groups -OCH3 is 1. The van der Waals surface area contributed by atoms with E-state index in [9.17, 15) is 14.4 Å². The molecule has 2 aliphatic rings. The van der Waals surface area contributed by atoms with E-state index in [1.807, 2.05) is 12.1 Å². The van der Waals surface area contributed by atoms with Crippen LogP contribution in [0.3, 0.4) is 0 Å². The lowest BCUT2D eigenvalue weighted by Crippen LogP contribution is -2.25. The second-order valence-corrected chi connectivity index (χ2v) is 10.9. The van der Waals surface area contributed by atoms with Crippen molar-refractivity contribution in [3.05, 3.63) is 68.8 Å². The monoisotopic (exact) mass is 533 g/mol. The maximum atomic E-state index is 13.9. The lowest BCUT2D eigenvalue weighted by molar-refractivity contribution is -0.118. The summed E-state index contributed by atoms with van der Waals surface area (Å²) >= 11 is 2.81. The molecule has 188 valence electrons. The van der Waals surface area contributed by atoms with Crippen LogP contribution in [0.4, 0.5) is 5.69 Å². The van der Waals surface area contributed by atoms with Crippen LogP contribution < -0.4 is 20.3 Å². The second-order valence-electron chi connectivity index (χ2n) is 8.88. The molecule has 0 saturated heterocycles. The number of nitrogens with one attached hydrogen (secondary N) is 1. The van der Waals surface area contributed by atoms with Crippen LogP contribution in [0, 0.1) is 0 Å². The van der Waals surface area contributed by atoms with Crippen LogP contribution in [-0.4, -0.2) is 40.7 Å². The molecular weight excluding hydrogens is 510 g/mol. The number of benzene rings is 2. The molecule has 1 amide bonds. The zero-order chi connectivity index (χ0) is 25.5. The molecule has 1 N–H and O–H groups in total. The Hall–Kier alpha value is -3.63. The Morgan fingerprint density at radius 3 is 2.78 bits per heavy atom. The van der Waals surface area contributed by atoms with Gasteiger partial charge < -0.3 is 14.8 Å². The predicted octanol–water partition coefficient (Wildman–Crippen LogP) is 4.64. The fourth-order valence-corrected chi connectivity index (χ4v) is 6.92. The van der Waals surface area contributed by atoms with Crippen molar-refractivity contribution in [1.82, 2.24) is 9.55 Å². The third kappa shape index (κ3) is 4.40. The van der Waals surface area contributed by atoms with Gasteiger partial charge in [0.25, 0.3) is 11.5 Å². The summed E-state index contributed by atoms with van der Waals surface area (Å²) in [7, 11) is 1.59. The minimum absolute atomic E-state index is 0.0423. The van der Waals surface area contributed by atoms with Gasteiger partial charge in [-0.2, -0.15) is 0 Å². The van der Waals surface area contributed by atoms with E-state index in [1.54, 1.807) is 53.3 Å². The molecule has 2 aromatic carbocycles. The van der Waals surface area contributed by atoms with Crippen molar-refractivity contribution in [2.45, 2.75) is 30.8 Å². The van der Waals surface area contributed by atoms with Crippen LogP contribution in [0.5, 0.6) is 11.5 Å². The molecule has 6 rings (SSSR count). The molecule has 2 aromatic heterocycles. The fraction of sp³-hybridized carbons (Fsp3) is 0.259. The van der Waals surface area contributed by atoms with E-state index in [1.165, 1.54) is 16.6 Å². The Kier molecular flexibility index (Phi) is 6.21. The summed E-state index contributed by atoms with van der Waals surface area (Å²) in [6.07, 6.45) is 4.04. The van der Waals surface area contributed by atoms with E-state index < -0.39 is 0 Å². The van der Waals surface area contributed by atoms with Crippen molar-refractivity contribution >= 4 is 50.7 Å². The average Bonchev–Trinajstić information content (AvgIpc) is 3.30. The van der Waals surface area contributed by atoms with E-state index in [0.717, 1.165) is 36.1 Å². The molecular formula is C27H23N3O5S2. The van der Waals surface area contributed by atoms with E-state index >= 15 is 0 Å². The molecule has 0 unspecified atom stereocenters. The molecule has 0 radical (unpaired) electrons. The Labute approximate surface area is 220 Å². The lowest BCUT2D eigenvalue weighted by Gasteiger charge is -2.18. The number of thiophene rings is 1. The summed E-state index contributed by atoms with van der Waals surface area (Å²) in [6.45, 7) is -0.0423. The van der Waals surface area contributed by atoms with E-state index in [-0.39, 0.29) is 29.6 Å². The zero-order valence-corrected chi connectivity index (χ0v) is 21.7. The summed E-state index contributed by atoms with van der Waals surface area (Å²) in [4.78, 5) is 45.5. The summed E-state index contributed by atoms with van der Waals surface area (Å²) in [5, 5.41) is 3.88. The van der Waals surface area contributed by atoms with Gasteiger partial charge in [-0.05, 0) is 73.7 Å². The molecule has 1 aliphatic heterocycles. The standard InChI is InChI=1S/C27H23N3O5S2/c1-34-17-9-7-16(8-10-17)30-26(33)24-18-4-2-3-5-22(18)37-25(24)29-27(30)36-14-20(31)15-6-11-21-19(12-15)28-23(32)13-35-21/h6-12H,2-5,13-14H2,1H3,(H,28,32). The molecule has 0 fully saturated rings. The number of carbonyl (C=O) groups excluding carboxylic acids is 2. The minimum atomic E-state index is -0.258. The highest BCUT2D eigenvalue weighted by molar-refractivity contribution is 7.99. The van der Waals surface area contributed by atoms with Crippen molar-refractivity contribution in [2.24, 2.45) is 0 Å². The second kappa shape index (κ2) is 9.68. The number of aryl methyl sites for hydroxylation is 2. The summed E-state index contributed by atoms with van der Waals surface area (Å²) in [6, 6.07) is 12.2. The normalized spacial score (nSPS) is 14.5. The van der Waals surface area contributed by atoms with Gasteiger partial charge in [-0.15, -0.1) is 11.3 Å². The van der Waals surface area contributed by atoms with Gasteiger partial charge in [0.1, 0.15) is 16.3 Å². The van der Waals surface area contributed by atoms with Crippen molar-refractivity contribution in [2.75, 3.05) is 24.8 Å². The summed E-state index contributed by atoms with van der Waals surface area (Å²) in [5.41, 5.74) is 2.60. The van der Waals surface area contributed by atoms with Gasteiger partial charge in [0, 0.05) is 10.4 Å². The van der Waals surface area contributed by atoms with Gasteiger partial charge >= 0.3 is 0 Å². The van der Waals surface area contributed by atoms with Gasteiger partial charge in [-0.3, -0.25) is 19.0 Å². The lowest BCUT2D eigenvalue weighted by atomic mass is 9.97. The highest BCUT2D eigenvalue weighted by Crippen LogP contribution is 2.36. The average molecular weight is 534 g/mol. The van der Waals surface area contributed by atoms with Gasteiger partial charge in [-0.25, -0.2) is 4.98 Å². The van der Waals surface area contributed by atoms with Crippen molar-refractivity contribution in [3.8, 4) is 17.2 Å². The Morgan fingerprint density at radius 2 is 1.97 bits per heavy atom. The van der Waals surface area contributed by atoms with Crippen LogP contribution in [0.15, 0.2) is 52.4 Å². The molecule has 37 heavy (non-hydrogen) atoms. The number of anilines is 1. The van der Waals surface area contributed by atoms with Gasteiger partial charge in [0.2, 0.25) is 0 Å². The van der Waals surface area contributed by atoms with E-state index in [0.29, 0.717) is 39.0 Å². The molecule has 1 aliphatic carbocycles. The number of fused-ring (bicyclic) bond motifs is 4. The maximum absolute atomic E-state index is 13.9.